The van der Waals surface area contributed by atoms with Crippen LogP contribution in [0.5, 0.6) is 5.75 Å². The first-order valence-electron chi connectivity index (χ1n) is 10.3. The number of nitriles is 1. The van der Waals surface area contributed by atoms with E-state index in [-0.39, 0.29) is 36.6 Å². The quantitative estimate of drug-likeness (QED) is 0.331. The van der Waals surface area contributed by atoms with E-state index in [1.165, 1.54) is 6.07 Å². The number of guanidine groups is 1. The maximum atomic E-state index is 14.2. The molecule has 3 rings (SSSR count). The molecule has 0 aromatic heterocycles. The SMILES string of the molecule is CCNC(=NCc1ccc(C#N)cc1F)NC1CCCN(c2ccccc2OC)C1.I. The number of anilines is 1. The fraction of sp³-hybridized carbons (Fsp3) is 0.391. The van der Waals surface area contributed by atoms with Crippen LogP contribution in [-0.4, -0.2) is 38.7 Å². The highest BCUT2D eigenvalue weighted by molar-refractivity contribution is 14.0. The molecule has 0 saturated carbocycles. The number of nitrogens with zero attached hydrogens (tertiary/aromatic N) is 3. The summed E-state index contributed by atoms with van der Waals surface area (Å²) in [6.45, 7) is 4.72. The molecular weight excluding hydrogens is 508 g/mol. The number of nitrogens with one attached hydrogen (secondary N) is 2. The third-order valence-electron chi connectivity index (χ3n) is 5.12. The molecule has 2 N–H and O–H groups in total. The fourth-order valence-electron chi connectivity index (χ4n) is 3.63. The van der Waals surface area contributed by atoms with Gasteiger partial charge in [-0.05, 0) is 44.0 Å². The van der Waals surface area contributed by atoms with Crippen molar-refractivity contribution >= 4 is 35.6 Å². The van der Waals surface area contributed by atoms with Crippen LogP contribution in [0.4, 0.5) is 10.1 Å². The first-order valence-corrected chi connectivity index (χ1v) is 10.3. The van der Waals surface area contributed by atoms with Gasteiger partial charge in [0.2, 0.25) is 0 Å². The van der Waals surface area contributed by atoms with Gasteiger partial charge in [0, 0.05) is 31.2 Å². The summed E-state index contributed by atoms with van der Waals surface area (Å²) < 4.78 is 19.7. The molecular formula is C23H29FIN5O. The lowest BCUT2D eigenvalue weighted by molar-refractivity contribution is 0.408. The van der Waals surface area contributed by atoms with E-state index >= 15 is 0 Å². The largest absolute Gasteiger partial charge is 0.495 e. The van der Waals surface area contributed by atoms with Crippen molar-refractivity contribution in [2.45, 2.75) is 32.4 Å². The summed E-state index contributed by atoms with van der Waals surface area (Å²) in [4.78, 5) is 6.88. The summed E-state index contributed by atoms with van der Waals surface area (Å²) in [5, 5.41) is 15.6. The van der Waals surface area contributed by atoms with E-state index < -0.39 is 5.82 Å². The van der Waals surface area contributed by atoms with Crippen molar-refractivity contribution in [3.05, 3.63) is 59.4 Å². The van der Waals surface area contributed by atoms with Crippen molar-refractivity contribution in [2.75, 3.05) is 31.6 Å². The Morgan fingerprint density at radius 3 is 2.84 bits per heavy atom. The Hall–Kier alpha value is -2.54. The van der Waals surface area contributed by atoms with Crippen molar-refractivity contribution < 1.29 is 9.13 Å². The predicted molar refractivity (Wildman–Crippen MR) is 133 cm³/mol. The number of piperidine rings is 1. The number of ether oxygens (including phenoxy) is 1. The van der Waals surface area contributed by atoms with Crippen LogP contribution in [0.3, 0.4) is 0 Å². The van der Waals surface area contributed by atoms with Crippen LogP contribution in [0, 0.1) is 17.1 Å². The van der Waals surface area contributed by atoms with Gasteiger partial charge in [0.05, 0.1) is 31.0 Å². The molecule has 1 aliphatic rings. The highest BCUT2D eigenvalue weighted by Gasteiger charge is 2.22. The molecule has 0 bridgehead atoms. The molecule has 1 fully saturated rings. The maximum Gasteiger partial charge on any atom is 0.191 e. The molecule has 31 heavy (non-hydrogen) atoms. The lowest BCUT2D eigenvalue weighted by Gasteiger charge is -2.36. The van der Waals surface area contributed by atoms with E-state index in [0.29, 0.717) is 23.6 Å². The number of methoxy groups -OCH3 is 1. The van der Waals surface area contributed by atoms with Crippen LogP contribution in [0.1, 0.15) is 30.9 Å². The Morgan fingerprint density at radius 1 is 1.32 bits per heavy atom. The van der Waals surface area contributed by atoms with E-state index in [1.807, 2.05) is 31.2 Å². The number of halogens is 2. The molecule has 1 aliphatic heterocycles. The maximum absolute atomic E-state index is 14.2. The Labute approximate surface area is 200 Å². The molecule has 0 aliphatic carbocycles. The zero-order chi connectivity index (χ0) is 21.3. The average Bonchev–Trinajstić information content (AvgIpc) is 2.78. The minimum absolute atomic E-state index is 0. The smallest absolute Gasteiger partial charge is 0.191 e. The van der Waals surface area contributed by atoms with Crippen LogP contribution in [0.25, 0.3) is 0 Å². The van der Waals surface area contributed by atoms with Crippen molar-refractivity contribution in [3.63, 3.8) is 0 Å². The second kappa shape index (κ2) is 12.3. The topological polar surface area (TPSA) is 72.7 Å². The zero-order valence-electron chi connectivity index (χ0n) is 17.9. The highest BCUT2D eigenvalue weighted by Crippen LogP contribution is 2.29. The van der Waals surface area contributed by atoms with Gasteiger partial charge >= 0.3 is 0 Å². The van der Waals surface area contributed by atoms with E-state index in [0.717, 1.165) is 37.4 Å². The van der Waals surface area contributed by atoms with Crippen LogP contribution >= 0.6 is 24.0 Å². The number of hydrogen-bond acceptors (Lipinski definition) is 4. The summed E-state index contributed by atoms with van der Waals surface area (Å²) in [5.41, 5.74) is 1.86. The standard InChI is InChI=1S/C23H28FN5O.HI/c1-3-26-23(27-15-18-11-10-17(14-25)13-20(18)24)28-19-7-6-12-29(16-19)21-8-4-5-9-22(21)30-2;/h4-5,8-11,13,19H,3,6-7,12,15-16H2,1-2H3,(H2,26,27,28);1H. The first-order chi connectivity index (χ1) is 14.6. The third kappa shape index (κ3) is 6.72. The summed E-state index contributed by atoms with van der Waals surface area (Å²) in [5.74, 6) is 1.12. The van der Waals surface area contributed by atoms with Gasteiger partial charge in [0.1, 0.15) is 11.6 Å². The Kier molecular flexibility index (Phi) is 9.85. The first kappa shape index (κ1) is 24.7. The third-order valence-corrected chi connectivity index (χ3v) is 5.12. The number of benzene rings is 2. The lowest BCUT2D eigenvalue weighted by atomic mass is 10.0. The van der Waals surface area contributed by atoms with Crippen LogP contribution < -0.4 is 20.3 Å². The minimum atomic E-state index is -0.409. The van der Waals surface area contributed by atoms with Gasteiger partial charge in [-0.25, -0.2) is 9.38 Å². The summed E-state index contributed by atoms with van der Waals surface area (Å²) in [6.07, 6.45) is 2.08. The monoisotopic (exact) mass is 537 g/mol. The second-order valence-electron chi connectivity index (χ2n) is 7.21. The Balaban J connectivity index is 0.00000341. The van der Waals surface area contributed by atoms with Crippen molar-refractivity contribution in [2.24, 2.45) is 4.99 Å². The molecule has 6 nitrogen and oxygen atoms in total. The number of hydrogen-bond donors (Lipinski definition) is 2. The van der Waals surface area contributed by atoms with Gasteiger partial charge in [-0.2, -0.15) is 5.26 Å². The number of rotatable bonds is 6. The highest BCUT2D eigenvalue weighted by atomic mass is 127. The zero-order valence-corrected chi connectivity index (χ0v) is 20.2. The van der Waals surface area contributed by atoms with Crippen LogP contribution in [0.2, 0.25) is 0 Å². The van der Waals surface area contributed by atoms with Gasteiger partial charge in [-0.3, -0.25) is 0 Å². The van der Waals surface area contributed by atoms with Gasteiger partial charge in [-0.15, -0.1) is 24.0 Å². The molecule has 0 amide bonds. The normalized spacial score (nSPS) is 16.1. The van der Waals surface area contributed by atoms with Crippen molar-refractivity contribution in [3.8, 4) is 11.8 Å². The lowest BCUT2D eigenvalue weighted by Crippen LogP contribution is -2.51. The minimum Gasteiger partial charge on any atom is -0.495 e. The molecule has 2 aromatic rings. The van der Waals surface area contributed by atoms with Crippen molar-refractivity contribution in [1.82, 2.24) is 10.6 Å². The van der Waals surface area contributed by atoms with E-state index in [2.05, 4.69) is 26.6 Å². The molecule has 1 atom stereocenters. The molecule has 1 saturated heterocycles. The molecule has 8 heteroatoms. The number of aliphatic imine (C=N–C) groups is 1. The molecule has 2 aromatic carbocycles. The fourth-order valence-corrected chi connectivity index (χ4v) is 3.63. The summed E-state index contributed by atoms with van der Waals surface area (Å²) >= 11 is 0. The van der Waals surface area contributed by atoms with E-state index in [1.54, 1.807) is 19.2 Å². The molecule has 1 heterocycles. The molecule has 166 valence electrons. The van der Waals surface area contributed by atoms with Crippen molar-refractivity contribution in [1.29, 1.82) is 5.26 Å². The van der Waals surface area contributed by atoms with Gasteiger partial charge < -0.3 is 20.3 Å². The summed E-state index contributed by atoms with van der Waals surface area (Å²) in [7, 11) is 1.69. The second-order valence-corrected chi connectivity index (χ2v) is 7.21. The Morgan fingerprint density at radius 2 is 2.13 bits per heavy atom. The molecule has 1 unspecified atom stereocenters. The van der Waals surface area contributed by atoms with Crippen LogP contribution in [-0.2, 0) is 6.54 Å². The number of para-hydroxylation sites is 2. The van der Waals surface area contributed by atoms with Gasteiger partial charge in [0.25, 0.3) is 0 Å². The van der Waals surface area contributed by atoms with E-state index in [4.69, 9.17) is 10.00 Å². The molecule has 0 spiro atoms. The van der Waals surface area contributed by atoms with Gasteiger partial charge in [0.15, 0.2) is 5.96 Å². The summed E-state index contributed by atoms with van der Waals surface area (Å²) in [6, 6.07) is 14.7. The van der Waals surface area contributed by atoms with E-state index in [9.17, 15) is 4.39 Å². The average molecular weight is 537 g/mol. The molecule has 0 radical (unpaired) electrons. The Bertz CT molecular complexity index is 930. The van der Waals surface area contributed by atoms with Gasteiger partial charge in [-0.1, -0.05) is 18.2 Å². The van der Waals surface area contributed by atoms with Crippen LogP contribution in [0.15, 0.2) is 47.5 Å². The predicted octanol–water partition coefficient (Wildman–Crippen LogP) is 4.05.